The zero-order valence-electron chi connectivity index (χ0n) is 7.59. The summed E-state index contributed by atoms with van der Waals surface area (Å²) in [4.78, 5) is 10.7. The topological polar surface area (TPSA) is 66.9 Å². The molecule has 1 unspecified atom stereocenters. The normalized spacial score (nSPS) is 11.7. The summed E-state index contributed by atoms with van der Waals surface area (Å²) in [5.74, 6) is 0.336. The number of halogens is 1. The van der Waals surface area contributed by atoms with Crippen LogP contribution >= 0.6 is 23.4 Å². The number of benzene rings is 1. The van der Waals surface area contributed by atoms with Crippen LogP contribution < -0.4 is 0 Å². The van der Waals surface area contributed by atoms with Gasteiger partial charge in [0.1, 0.15) is 5.38 Å². The SMILES string of the molecule is N#CC(Cl)CSc1ccccc1[N+](=O)[O-]. The molecule has 78 valence electrons. The second kappa shape index (κ2) is 5.59. The van der Waals surface area contributed by atoms with E-state index in [2.05, 4.69) is 0 Å². The van der Waals surface area contributed by atoms with Gasteiger partial charge < -0.3 is 0 Å². The maximum Gasteiger partial charge on any atom is 0.282 e. The molecule has 0 saturated heterocycles. The van der Waals surface area contributed by atoms with Gasteiger partial charge in [0.15, 0.2) is 0 Å². The molecule has 6 heteroatoms. The first-order valence-corrected chi connectivity index (χ1v) is 5.47. The number of rotatable bonds is 4. The molecule has 0 spiro atoms. The van der Waals surface area contributed by atoms with Crippen LogP contribution in [0.3, 0.4) is 0 Å². The third-order valence-electron chi connectivity index (χ3n) is 1.59. The predicted octanol–water partition coefficient (Wildman–Crippen LogP) is 2.82. The van der Waals surface area contributed by atoms with Crippen molar-refractivity contribution in [2.45, 2.75) is 10.3 Å². The number of alkyl halides is 1. The molecule has 0 bridgehead atoms. The Morgan fingerprint density at radius 2 is 2.27 bits per heavy atom. The van der Waals surface area contributed by atoms with Crippen LogP contribution in [0.2, 0.25) is 0 Å². The molecule has 1 atom stereocenters. The number of nitriles is 1. The highest BCUT2D eigenvalue weighted by Gasteiger charge is 2.14. The van der Waals surface area contributed by atoms with Crippen molar-refractivity contribution in [2.24, 2.45) is 0 Å². The molecule has 4 nitrogen and oxygen atoms in total. The van der Waals surface area contributed by atoms with Crippen molar-refractivity contribution >= 4 is 29.1 Å². The van der Waals surface area contributed by atoms with Crippen molar-refractivity contribution in [3.05, 3.63) is 34.4 Å². The van der Waals surface area contributed by atoms with Gasteiger partial charge in [-0.3, -0.25) is 10.1 Å². The van der Waals surface area contributed by atoms with E-state index in [1.165, 1.54) is 17.8 Å². The number of hydrogen-bond donors (Lipinski definition) is 0. The van der Waals surface area contributed by atoms with E-state index in [4.69, 9.17) is 16.9 Å². The lowest BCUT2D eigenvalue weighted by Gasteiger charge is -2.02. The van der Waals surface area contributed by atoms with Crippen molar-refractivity contribution in [1.82, 2.24) is 0 Å². The average Bonchev–Trinajstić information content (AvgIpc) is 2.26. The summed E-state index contributed by atoms with van der Waals surface area (Å²) >= 11 is 6.81. The summed E-state index contributed by atoms with van der Waals surface area (Å²) < 4.78 is 0. The van der Waals surface area contributed by atoms with E-state index in [0.717, 1.165) is 0 Å². The Morgan fingerprint density at radius 1 is 1.60 bits per heavy atom. The van der Waals surface area contributed by atoms with Crippen LogP contribution in [-0.2, 0) is 0 Å². The van der Waals surface area contributed by atoms with Crippen LogP contribution in [0.5, 0.6) is 0 Å². The Hall–Kier alpha value is -1.25. The fourth-order valence-corrected chi connectivity index (χ4v) is 1.98. The summed E-state index contributed by atoms with van der Waals surface area (Å²) in [6.07, 6.45) is 0. The van der Waals surface area contributed by atoms with Gasteiger partial charge in [-0.25, -0.2) is 0 Å². The fourth-order valence-electron chi connectivity index (χ4n) is 0.930. The van der Waals surface area contributed by atoms with E-state index in [-0.39, 0.29) is 5.69 Å². The molecular formula is C9H7ClN2O2S. The number of nitro groups is 1. The molecular weight excluding hydrogens is 236 g/mol. The Bertz CT molecular complexity index is 405. The van der Waals surface area contributed by atoms with Gasteiger partial charge in [0.2, 0.25) is 0 Å². The Balaban J connectivity index is 2.77. The maximum absolute atomic E-state index is 10.6. The van der Waals surface area contributed by atoms with Crippen LogP contribution in [0.15, 0.2) is 29.2 Å². The fraction of sp³-hybridized carbons (Fsp3) is 0.222. The minimum absolute atomic E-state index is 0.0457. The summed E-state index contributed by atoms with van der Waals surface area (Å²) in [5, 5.41) is 18.5. The summed E-state index contributed by atoms with van der Waals surface area (Å²) in [7, 11) is 0. The van der Waals surface area contributed by atoms with Crippen molar-refractivity contribution in [2.75, 3.05) is 5.75 Å². The molecule has 15 heavy (non-hydrogen) atoms. The van der Waals surface area contributed by atoms with Crippen LogP contribution in [0.25, 0.3) is 0 Å². The van der Waals surface area contributed by atoms with Gasteiger partial charge in [0.25, 0.3) is 5.69 Å². The van der Waals surface area contributed by atoms with E-state index in [1.54, 1.807) is 18.2 Å². The molecule has 0 fully saturated rings. The third-order valence-corrected chi connectivity index (χ3v) is 3.18. The zero-order valence-corrected chi connectivity index (χ0v) is 9.16. The maximum atomic E-state index is 10.6. The van der Waals surface area contributed by atoms with Crippen molar-refractivity contribution in [3.63, 3.8) is 0 Å². The smallest absolute Gasteiger partial charge is 0.258 e. The minimum Gasteiger partial charge on any atom is -0.258 e. The molecule has 1 aromatic rings. The highest BCUT2D eigenvalue weighted by atomic mass is 35.5. The average molecular weight is 243 g/mol. The molecule has 0 amide bonds. The van der Waals surface area contributed by atoms with Gasteiger partial charge in [-0.05, 0) is 6.07 Å². The molecule has 1 aromatic carbocycles. The van der Waals surface area contributed by atoms with Gasteiger partial charge >= 0.3 is 0 Å². The quantitative estimate of drug-likeness (QED) is 0.352. The number of hydrogen-bond acceptors (Lipinski definition) is 4. The van der Waals surface area contributed by atoms with Gasteiger partial charge in [-0.15, -0.1) is 23.4 Å². The molecule has 0 aromatic heterocycles. The first-order valence-electron chi connectivity index (χ1n) is 4.05. The second-order valence-corrected chi connectivity index (χ2v) is 4.22. The van der Waals surface area contributed by atoms with E-state index in [0.29, 0.717) is 10.6 Å². The van der Waals surface area contributed by atoms with Crippen LogP contribution in [0, 0.1) is 21.4 Å². The van der Waals surface area contributed by atoms with E-state index in [9.17, 15) is 10.1 Å². The largest absolute Gasteiger partial charge is 0.282 e. The molecule has 0 saturated carbocycles. The summed E-state index contributed by atoms with van der Waals surface area (Å²) in [5.41, 5.74) is 0.0457. The number of para-hydroxylation sites is 1. The molecule has 0 aliphatic carbocycles. The van der Waals surface area contributed by atoms with E-state index in [1.807, 2.05) is 6.07 Å². The second-order valence-electron chi connectivity index (χ2n) is 2.63. The molecule has 0 aliphatic rings. The first kappa shape index (κ1) is 11.8. The lowest BCUT2D eigenvalue weighted by molar-refractivity contribution is -0.387. The standard InChI is InChI=1S/C9H7ClN2O2S/c10-7(5-11)6-15-9-4-2-1-3-8(9)12(13)14/h1-4,7H,6H2. The van der Waals surface area contributed by atoms with Crippen LogP contribution in [0.1, 0.15) is 0 Å². The number of thioether (sulfide) groups is 1. The Kier molecular flexibility index (Phi) is 4.40. The van der Waals surface area contributed by atoms with Crippen LogP contribution in [-0.4, -0.2) is 16.1 Å². The highest BCUT2D eigenvalue weighted by molar-refractivity contribution is 7.99. The molecule has 0 heterocycles. The molecule has 0 aliphatic heterocycles. The van der Waals surface area contributed by atoms with Gasteiger partial charge in [0, 0.05) is 11.8 Å². The molecule has 0 N–H and O–H groups in total. The first-order chi connectivity index (χ1) is 7.15. The van der Waals surface area contributed by atoms with Crippen molar-refractivity contribution in [3.8, 4) is 6.07 Å². The number of nitro benzene ring substituents is 1. The van der Waals surface area contributed by atoms with E-state index >= 15 is 0 Å². The van der Waals surface area contributed by atoms with Crippen molar-refractivity contribution in [1.29, 1.82) is 5.26 Å². The van der Waals surface area contributed by atoms with Gasteiger partial charge in [-0.1, -0.05) is 12.1 Å². The van der Waals surface area contributed by atoms with Gasteiger partial charge in [-0.2, -0.15) is 5.26 Å². The lowest BCUT2D eigenvalue weighted by Crippen LogP contribution is -1.98. The Labute approximate surface area is 96.0 Å². The third kappa shape index (κ3) is 3.42. The molecule has 0 radical (unpaired) electrons. The highest BCUT2D eigenvalue weighted by Crippen LogP contribution is 2.29. The predicted molar refractivity (Wildman–Crippen MR) is 59.1 cm³/mol. The van der Waals surface area contributed by atoms with Gasteiger partial charge in [0.05, 0.1) is 15.9 Å². The molecule has 1 rings (SSSR count). The minimum atomic E-state index is -0.630. The summed E-state index contributed by atoms with van der Waals surface area (Å²) in [6, 6.07) is 8.24. The monoisotopic (exact) mass is 242 g/mol. The summed E-state index contributed by atoms with van der Waals surface area (Å²) in [6.45, 7) is 0. The van der Waals surface area contributed by atoms with Crippen molar-refractivity contribution < 1.29 is 4.92 Å². The van der Waals surface area contributed by atoms with Crippen LogP contribution in [0.4, 0.5) is 5.69 Å². The van der Waals surface area contributed by atoms with E-state index < -0.39 is 10.3 Å². The zero-order chi connectivity index (χ0) is 11.3. The Morgan fingerprint density at radius 3 is 2.87 bits per heavy atom. The number of nitrogens with zero attached hydrogens (tertiary/aromatic N) is 2. The lowest BCUT2D eigenvalue weighted by atomic mass is 10.3.